The molecule has 0 fully saturated rings. The van der Waals surface area contributed by atoms with Crippen LogP contribution in [0.2, 0.25) is 0 Å². The molecule has 0 N–H and O–H groups in total. The number of hydrogen-bond donors (Lipinski definition) is 0. The van der Waals surface area contributed by atoms with E-state index in [0.717, 1.165) is 23.2 Å². The van der Waals surface area contributed by atoms with E-state index in [4.69, 9.17) is 0 Å². The van der Waals surface area contributed by atoms with Crippen molar-refractivity contribution >= 4 is 11.6 Å². The zero-order valence-corrected chi connectivity index (χ0v) is 14.3. The fourth-order valence-corrected chi connectivity index (χ4v) is 3.13. The summed E-state index contributed by atoms with van der Waals surface area (Å²) in [7, 11) is 0. The van der Waals surface area contributed by atoms with Crippen molar-refractivity contribution in [2.45, 2.75) is 52.5 Å². The zero-order valence-electron chi connectivity index (χ0n) is 14.3. The number of amides is 1. The van der Waals surface area contributed by atoms with Gasteiger partial charge < -0.3 is 4.90 Å². The van der Waals surface area contributed by atoms with E-state index in [9.17, 15) is 4.79 Å². The number of hydrogen-bond acceptors (Lipinski definition) is 1. The molecule has 0 bridgehead atoms. The molecule has 0 spiro atoms. The van der Waals surface area contributed by atoms with E-state index in [1.807, 2.05) is 4.90 Å². The van der Waals surface area contributed by atoms with Crippen LogP contribution < -0.4 is 4.90 Å². The van der Waals surface area contributed by atoms with Gasteiger partial charge in [0.25, 0.3) is 5.91 Å². The minimum absolute atomic E-state index is 0.135. The van der Waals surface area contributed by atoms with Gasteiger partial charge in [-0.3, -0.25) is 4.79 Å². The van der Waals surface area contributed by atoms with Crippen molar-refractivity contribution in [3.63, 3.8) is 0 Å². The highest BCUT2D eigenvalue weighted by Crippen LogP contribution is 2.30. The largest absolute Gasteiger partial charge is 0.304 e. The Labute approximate surface area is 139 Å². The van der Waals surface area contributed by atoms with Gasteiger partial charge in [0.15, 0.2) is 0 Å². The van der Waals surface area contributed by atoms with Gasteiger partial charge in [0.2, 0.25) is 0 Å². The van der Waals surface area contributed by atoms with E-state index in [1.165, 1.54) is 24.0 Å². The first-order chi connectivity index (χ1) is 11.1. The Bertz CT molecular complexity index is 700. The number of unbranched alkanes of at least 4 members (excludes halogenated alkanes) is 1. The summed E-state index contributed by atoms with van der Waals surface area (Å²) in [6.45, 7) is 7.25. The maximum Gasteiger partial charge on any atom is 0.258 e. The van der Waals surface area contributed by atoms with Crippen LogP contribution in [0.5, 0.6) is 0 Å². The predicted octanol–water partition coefficient (Wildman–Crippen LogP) is 5.31. The highest BCUT2D eigenvalue weighted by molar-refractivity contribution is 6.10. The lowest BCUT2D eigenvalue weighted by molar-refractivity contribution is 0.0996. The first-order valence-electron chi connectivity index (χ1n) is 8.63. The molecule has 0 saturated heterocycles. The smallest absolute Gasteiger partial charge is 0.258 e. The van der Waals surface area contributed by atoms with Crippen LogP contribution in [0.1, 0.15) is 66.6 Å². The van der Waals surface area contributed by atoms with Gasteiger partial charge in [0, 0.05) is 11.3 Å². The molecule has 1 aliphatic rings. The molecular formula is C21H25NO. The van der Waals surface area contributed by atoms with E-state index >= 15 is 0 Å². The number of carbonyl (C=O) groups is 1. The van der Waals surface area contributed by atoms with E-state index in [0.29, 0.717) is 12.5 Å². The number of benzene rings is 2. The first kappa shape index (κ1) is 15.8. The first-order valence-corrected chi connectivity index (χ1v) is 8.63. The minimum Gasteiger partial charge on any atom is -0.304 e. The van der Waals surface area contributed by atoms with Crippen molar-refractivity contribution in [2.75, 3.05) is 4.90 Å². The standard InChI is InChI=1S/C21H25NO/c1-4-5-6-16-7-8-18-14-22(21(23)20(18)13-16)19-11-9-17(10-12-19)15(2)3/h7-13,15H,4-6,14H2,1-3H3. The Morgan fingerprint density at radius 1 is 1.09 bits per heavy atom. The van der Waals surface area contributed by atoms with Gasteiger partial charge in [-0.2, -0.15) is 0 Å². The average molecular weight is 307 g/mol. The van der Waals surface area contributed by atoms with Gasteiger partial charge in [-0.05, 0) is 53.6 Å². The van der Waals surface area contributed by atoms with E-state index in [2.05, 4.69) is 63.2 Å². The van der Waals surface area contributed by atoms with Crippen molar-refractivity contribution < 1.29 is 4.79 Å². The molecule has 1 amide bonds. The van der Waals surface area contributed by atoms with Gasteiger partial charge in [-0.1, -0.05) is 51.5 Å². The van der Waals surface area contributed by atoms with E-state index in [-0.39, 0.29) is 5.91 Å². The molecular weight excluding hydrogens is 282 g/mol. The maximum absolute atomic E-state index is 12.8. The maximum atomic E-state index is 12.8. The molecule has 0 aliphatic carbocycles. The average Bonchev–Trinajstić information content (AvgIpc) is 2.89. The van der Waals surface area contributed by atoms with Crippen LogP contribution in [0, 0.1) is 0 Å². The van der Waals surface area contributed by atoms with Crippen molar-refractivity contribution in [1.29, 1.82) is 0 Å². The summed E-state index contributed by atoms with van der Waals surface area (Å²) in [5.74, 6) is 0.646. The summed E-state index contributed by atoms with van der Waals surface area (Å²) in [5, 5.41) is 0. The summed E-state index contributed by atoms with van der Waals surface area (Å²) < 4.78 is 0. The predicted molar refractivity (Wildman–Crippen MR) is 96.1 cm³/mol. The summed E-state index contributed by atoms with van der Waals surface area (Å²) in [4.78, 5) is 14.7. The molecule has 2 heteroatoms. The molecule has 1 aliphatic heterocycles. The Kier molecular flexibility index (Phi) is 4.51. The van der Waals surface area contributed by atoms with E-state index < -0.39 is 0 Å². The second kappa shape index (κ2) is 6.57. The molecule has 120 valence electrons. The molecule has 2 aromatic carbocycles. The SMILES string of the molecule is CCCCc1ccc2c(c1)C(=O)N(c1ccc(C(C)C)cc1)C2. The summed E-state index contributed by atoms with van der Waals surface area (Å²) >= 11 is 0. The number of nitrogens with zero attached hydrogens (tertiary/aromatic N) is 1. The number of anilines is 1. The van der Waals surface area contributed by atoms with Crippen LogP contribution in [-0.4, -0.2) is 5.91 Å². The van der Waals surface area contributed by atoms with Gasteiger partial charge >= 0.3 is 0 Å². The van der Waals surface area contributed by atoms with Crippen LogP contribution >= 0.6 is 0 Å². The van der Waals surface area contributed by atoms with Crippen LogP contribution in [0.15, 0.2) is 42.5 Å². The highest BCUT2D eigenvalue weighted by atomic mass is 16.2. The monoisotopic (exact) mass is 307 g/mol. The molecule has 0 radical (unpaired) electrons. The second-order valence-corrected chi connectivity index (χ2v) is 6.73. The minimum atomic E-state index is 0.135. The van der Waals surface area contributed by atoms with Gasteiger partial charge in [-0.25, -0.2) is 0 Å². The molecule has 3 rings (SSSR count). The number of carbonyl (C=O) groups excluding carboxylic acids is 1. The lowest BCUT2D eigenvalue weighted by Crippen LogP contribution is -2.22. The Morgan fingerprint density at radius 2 is 1.83 bits per heavy atom. The van der Waals surface area contributed by atoms with Crippen LogP contribution in [0.3, 0.4) is 0 Å². The van der Waals surface area contributed by atoms with Gasteiger partial charge in [0.1, 0.15) is 0 Å². The number of aryl methyl sites for hydroxylation is 1. The fourth-order valence-electron chi connectivity index (χ4n) is 3.13. The normalized spacial score (nSPS) is 13.7. The Morgan fingerprint density at radius 3 is 2.48 bits per heavy atom. The molecule has 0 atom stereocenters. The molecule has 2 aromatic rings. The summed E-state index contributed by atoms with van der Waals surface area (Å²) in [6.07, 6.45) is 3.41. The van der Waals surface area contributed by atoms with Crippen LogP contribution in [-0.2, 0) is 13.0 Å². The highest BCUT2D eigenvalue weighted by Gasteiger charge is 2.28. The van der Waals surface area contributed by atoms with Crippen molar-refractivity contribution in [3.8, 4) is 0 Å². The third kappa shape index (κ3) is 3.17. The zero-order chi connectivity index (χ0) is 16.4. The lowest BCUT2D eigenvalue weighted by atomic mass is 10.0. The van der Waals surface area contributed by atoms with Crippen LogP contribution in [0.4, 0.5) is 5.69 Å². The Balaban J connectivity index is 1.82. The third-order valence-corrected chi connectivity index (χ3v) is 4.67. The molecule has 0 saturated carbocycles. The second-order valence-electron chi connectivity index (χ2n) is 6.73. The van der Waals surface area contributed by atoms with Gasteiger partial charge in [0.05, 0.1) is 6.54 Å². The fraction of sp³-hybridized carbons (Fsp3) is 0.381. The topological polar surface area (TPSA) is 20.3 Å². The molecule has 2 nitrogen and oxygen atoms in total. The van der Waals surface area contributed by atoms with Crippen molar-refractivity contribution in [3.05, 3.63) is 64.7 Å². The van der Waals surface area contributed by atoms with Crippen molar-refractivity contribution in [2.24, 2.45) is 0 Å². The quantitative estimate of drug-likeness (QED) is 0.732. The molecule has 0 aromatic heterocycles. The summed E-state index contributed by atoms with van der Waals surface area (Å²) in [5.41, 5.74) is 5.59. The van der Waals surface area contributed by atoms with E-state index in [1.54, 1.807) is 0 Å². The lowest BCUT2D eigenvalue weighted by Gasteiger charge is -2.16. The van der Waals surface area contributed by atoms with Crippen molar-refractivity contribution in [1.82, 2.24) is 0 Å². The van der Waals surface area contributed by atoms with Gasteiger partial charge in [-0.15, -0.1) is 0 Å². The Hall–Kier alpha value is -2.09. The number of fused-ring (bicyclic) bond motifs is 1. The third-order valence-electron chi connectivity index (χ3n) is 4.67. The molecule has 1 heterocycles. The molecule has 0 unspecified atom stereocenters. The summed E-state index contributed by atoms with van der Waals surface area (Å²) in [6, 6.07) is 14.8. The van der Waals surface area contributed by atoms with Crippen LogP contribution in [0.25, 0.3) is 0 Å². The number of rotatable bonds is 5. The molecule has 23 heavy (non-hydrogen) atoms.